The lowest BCUT2D eigenvalue weighted by Crippen LogP contribution is -1.78. The van der Waals surface area contributed by atoms with Crippen molar-refractivity contribution in [2.45, 2.75) is 0 Å². The van der Waals surface area contributed by atoms with Crippen molar-refractivity contribution in [2.75, 3.05) is 0 Å². The molecular formula is C20H13N. The minimum Gasteiger partial charge on any atom is -0.361 e. The number of H-pyrrole nitrogens is 1. The van der Waals surface area contributed by atoms with Gasteiger partial charge in [-0.2, -0.15) is 0 Å². The largest absolute Gasteiger partial charge is 0.361 e. The average molecular weight is 267 g/mol. The van der Waals surface area contributed by atoms with Crippen molar-refractivity contribution in [3.63, 3.8) is 0 Å². The van der Waals surface area contributed by atoms with Gasteiger partial charge >= 0.3 is 0 Å². The highest BCUT2D eigenvalue weighted by Crippen LogP contribution is 2.36. The minimum absolute atomic E-state index is 1.20. The third-order valence-electron chi connectivity index (χ3n) is 4.35. The smallest absolute Gasteiger partial charge is 0.0465 e. The quantitative estimate of drug-likeness (QED) is 0.352. The zero-order valence-corrected chi connectivity index (χ0v) is 11.4. The van der Waals surface area contributed by atoms with Gasteiger partial charge < -0.3 is 4.98 Å². The summed E-state index contributed by atoms with van der Waals surface area (Å²) in [5.41, 5.74) is 2.50. The molecule has 1 heteroatoms. The van der Waals surface area contributed by atoms with Crippen molar-refractivity contribution in [2.24, 2.45) is 0 Å². The van der Waals surface area contributed by atoms with Gasteiger partial charge in [-0.15, -0.1) is 0 Å². The summed E-state index contributed by atoms with van der Waals surface area (Å²) in [4.78, 5) is 3.33. The van der Waals surface area contributed by atoms with Gasteiger partial charge in [-0.1, -0.05) is 30.3 Å². The lowest BCUT2D eigenvalue weighted by molar-refractivity contribution is 1.35. The van der Waals surface area contributed by atoms with E-state index in [0.717, 1.165) is 0 Å². The lowest BCUT2D eigenvalue weighted by atomic mass is 10.0. The van der Waals surface area contributed by atoms with Crippen LogP contribution in [-0.2, 0) is 0 Å². The standard InChI is InChI=1S/C20H13N/c1-2-5-14-9-16-11-19-17(10-15(16)8-13(14)4-1)12-20-18(19)6-3-7-21-20/h1-12,21H. The van der Waals surface area contributed by atoms with E-state index in [2.05, 4.69) is 71.7 Å². The van der Waals surface area contributed by atoms with Crippen molar-refractivity contribution in [3.8, 4) is 11.3 Å². The molecule has 0 atom stereocenters. The molecule has 1 aliphatic heterocycles. The molecule has 0 fully saturated rings. The topological polar surface area (TPSA) is 15.8 Å². The number of hydrogen-bond donors (Lipinski definition) is 1. The zero-order valence-electron chi connectivity index (χ0n) is 11.4. The molecule has 1 aliphatic carbocycles. The summed E-state index contributed by atoms with van der Waals surface area (Å²) in [6.45, 7) is 0. The second kappa shape index (κ2) is 3.86. The fourth-order valence-corrected chi connectivity index (χ4v) is 3.32. The van der Waals surface area contributed by atoms with Gasteiger partial charge in [-0.05, 0) is 68.7 Å². The van der Waals surface area contributed by atoms with Crippen LogP contribution in [0.3, 0.4) is 0 Å². The number of hydrogen-bond acceptors (Lipinski definition) is 0. The Hall–Kier alpha value is -2.80. The highest BCUT2D eigenvalue weighted by molar-refractivity contribution is 6.10. The van der Waals surface area contributed by atoms with Crippen molar-refractivity contribution >= 4 is 32.3 Å². The van der Waals surface area contributed by atoms with E-state index in [4.69, 9.17) is 0 Å². The second-order valence-corrected chi connectivity index (χ2v) is 5.63. The maximum Gasteiger partial charge on any atom is 0.0465 e. The highest BCUT2D eigenvalue weighted by Gasteiger charge is 2.10. The third kappa shape index (κ3) is 1.52. The first-order valence-corrected chi connectivity index (χ1v) is 7.21. The normalized spacial score (nSPS) is 11.8. The molecule has 21 heavy (non-hydrogen) atoms. The van der Waals surface area contributed by atoms with Gasteiger partial charge in [-0.25, -0.2) is 0 Å². The molecule has 98 valence electrons. The van der Waals surface area contributed by atoms with Gasteiger partial charge in [0.1, 0.15) is 0 Å². The van der Waals surface area contributed by atoms with Crippen LogP contribution >= 0.6 is 0 Å². The molecule has 5 rings (SSSR count). The predicted octanol–water partition coefficient (Wildman–Crippen LogP) is 5.58. The summed E-state index contributed by atoms with van der Waals surface area (Å²) in [7, 11) is 0. The van der Waals surface area contributed by atoms with Crippen LogP contribution in [0, 0.1) is 0 Å². The molecule has 1 N–H and O–H groups in total. The Balaban J connectivity index is 1.97. The van der Waals surface area contributed by atoms with Crippen molar-refractivity contribution in [3.05, 3.63) is 72.9 Å². The molecule has 2 aliphatic rings. The van der Waals surface area contributed by atoms with E-state index >= 15 is 0 Å². The number of aromatic nitrogens is 1. The summed E-state index contributed by atoms with van der Waals surface area (Å²) >= 11 is 0. The summed E-state index contributed by atoms with van der Waals surface area (Å²) in [6.07, 6.45) is 1.98. The Morgan fingerprint density at radius 2 is 1.29 bits per heavy atom. The molecule has 3 aromatic rings. The van der Waals surface area contributed by atoms with Gasteiger partial charge in [0, 0.05) is 17.5 Å². The highest BCUT2D eigenvalue weighted by atomic mass is 14.7. The van der Waals surface area contributed by atoms with Crippen LogP contribution in [-0.4, -0.2) is 4.98 Å². The van der Waals surface area contributed by atoms with Gasteiger partial charge in [0.15, 0.2) is 0 Å². The van der Waals surface area contributed by atoms with E-state index in [9.17, 15) is 0 Å². The van der Waals surface area contributed by atoms with Crippen LogP contribution in [0.25, 0.3) is 43.6 Å². The maximum atomic E-state index is 3.33. The zero-order chi connectivity index (χ0) is 13.8. The molecule has 0 saturated carbocycles. The number of pyridine rings is 1. The van der Waals surface area contributed by atoms with E-state index < -0.39 is 0 Å². The van der Waals surface area contributed by atoms with Crippen LogP contribution in [0.15, 0.2) is 72.9 Å². The van der Waals surface area contributed by atoms with Gasteiger partial charge in [0.05, 0.1) is 0 Å². The van der Waals surface area contributed by atoms with Crippen LogP contribution in [0.5, 0.6) is 0 Å². The Kier molecular flexibility index (Phi) is 2.01. The summed E-state index contributed by atoms with van der Waals surface area (Å²) < 4.78 is 0. The van der Waals surface area contributed by atoms with Crippen LogP contribution in [0.4, 0.5) is 0 Å². The number of fused-ring (bicyclic) bond motifs is 5. The van der Waals surface area contributed by atoms with Gasteiger partial charge in [0.2, 0.25) is 0 Å². The Bertz CT molecular complexity index is 1080. The second-order valence-electron chi connectivity index (χ2n) is 5.63. The molecule has 1 heterocycles. The van der Waals surface area contributed by atoms with Gasteiger partial charge in [-0.3, -0.25) is 0 Å². The summed E-state index contributed by atoms with van der Waals surface area (Å²) in [6, 6.07) is 24.2. The lowest BCUT2D eigenvalue weighted by Gasteiger charge is -2.04. The fourth-order valence-electron chi connectivity index (χ4n) is 3.32. The van der Waals surface area contributed by atoms with E-state index in [1.54, 1.807) is 0 Å². The summed E-state index contributed by atoms with van der Waals surface area (Å²) in [5, 5.41) is 7.83. The molecule has 0 radical (unpaired) electrons. The molecule has 0 amide bonds. The predicted molar refractivity (Wildman–Crippen MR) is 89.9 cm³/mol. The molecule has 0 aromatic heterocycles. The molecule has 3 aromatic carbocycles. The molecular weight excluding hydrogens is 254 g/mol. The van der Waals surface area contributed by atoms with Crippen molar-refractivity contribution < 1.29 is 0 Å². The fraction of sp³-hybridized carbons (Fsp3) is 0. The molecule has 0 unspecified atom stereocenters. The van der Waals surface area contributed by atoms with Gasteiger partial charge in [0.25, 0.3) is 0 Å². The first-order chi connectivity index (χ1) is 10.4. The van der Waals surface area contributed by atoms with Crippen molar-refractivity contribution in [1.29, 1.82) is 0 Å². The van der Waals surface area contributed by atoms with Crippen molar-refractivity contribution in [1.82, 2.24) is 4.98 Å². The molecule has 1 nitrogen and oxygen atoms in total. The van der Waals surface area contributed by atoms with E-state index in [1.807, 2.05) is 6.20 Å². The van der Waals surface area contributed by atoms with E-state index in [0.29, 0.717) is 0 Å². The number of aromatic amines is 1. The summed E-state index contributed by atoms with van der Waals surface area (Å²) in [5.74, 6) is 0. The van der Waals surface area contributed by atoms with Crippen LogP contribution < -0.4 is 0 Å². The third-order valence-corrected chi connectivity index (χ3v) is 4.35. The first kappa shape index (κ1) is 10.9. The average Bonchev–Trinajstić information content (AvgIpc) is 2.88. The monoisotopic (exact) mass is 267 g/mol. The van der Waals surface area contributed by atoms with Crippen LogP contribution in [0.1, 0.15) is 0 Å². The SMILES string of the molecule is c1c[nH]c2cc3cc4cc5ccccc5cc4cc3c-2c1. The Morgan fingerprint density at radius 1 is 0.571 bits per heavy atom. The van der Waals surface area contributed by atoms with Crippen LogP contribution in [0.2, 0.25) is 0 Å². The minimum atomic E-state index is 1.20. The first-order valence-electron chi connectivity index (χ1n) is 7.21. The van der Waals surface area contributed by atoms with E-state index in [1.165, 1.54) is 43.6 Å². The Morgan fingerprint density at radius 3 is 2.10 bits per heavy atom. The molecule has 0 bridgehead atoms. The number of benzene rings is 3. The maximum absolute atomic E-state index is 3.33. The number of rotatable bonds is 0. The number of nitrogens with one attached hydrogen (secondary N) is 1. The Labute approximate surface area is 122 Å². The van der Waals surface area contributed by atoms with E-state index in [-0.39, 0.29) is 0 Å². The molecule has 0 spiro atoms. The molecule has 0 saturated heterocycles.